The van der Waals surface area contributed by atoms with E-state index in [1.165, 1.54) is 0 Å². The van der Waals surface area contributed by atoms with Crippen molar-refractivity contribution in [3.63, 3.8) is 0 Å². The molecule has 1 atom stereocenters. The number of benzene rings is 1. The smallest absolute Gasteiger partial charge is 0.480 e. The SMILES string of the molecule is O=C(O)C(Cc1ccc(OS(=O)(=O)C(F)(F)F)cc1)NS(=O)(=O)C(F)(F)F. The van der Waals surface area contributed by atoms with E-state index in [0.717, 1.165) is 16.9 Å². The number of rotatable bonds is 7. The molecule has 0 spiro atoms. The zero-order valence-electron chi connectivity index (χ0n) is 12.6. The summed E-state index contributed by atoms with van der Waals surface area (Å²) in [5, 5.41) is 8.84. The molecule has 2 N–H and O–H groups in total. The number of carboxylic acid groups (broad SMARTS) is 1. The molecule has 0 saturated heterocycles. The normalized spacial score (nSPS) is 14.6. The van der Waals surface area contributed by atoms with Gasteiger partial charge in [0.25, 0.3) is 0 Å². The summed E-state index contributed by atoms with van der Waals surface area (Å²) in [6.07, 6.45) is -0.822. The van der Waals surface area contributed by atoms with Gasteiger partial charge < -0.3 is 9.29 Å². The van der Waals surface area contributed by atoms with E-state index in [9.17, 15) is 48.0 Å². The number of alkyl halides is 6. The zero-order chi connectivity index (χ0) is 21.3. The van der Waals surface area contributed by atoms with Crippen LogP contribution < -0.4 is 8.91 Å². The van der Waals surface area contributed by atoms with E-state index in [1.807, 2.05) is 0 Å². The monoisotopic (exact) mass is 445 g/mol. The van der Waals surface area contributed by atoms with Gasteiger partial charge in [0.15, 0.2) is 0 Å². The Morgan fingerprint density at radius 2 is 1.48 bits per heavy atom. The van der Waals surface area contributed by atoms with Crippen molar-refractivity contribution in [1.82, 2.24) is 4.72 Å². The molecular weight excluding hydrogens is 436 g/mol. The summed E-state index contributed by atoms with van der Waals surface area (Å²) in [5.74, 6) is -2.76. The molecule has 0 saturated carbocycles. The molecule has 0 aliphatic heterocycles. The Morgan fingerprint density at radius 1 is 1.00 bits per heavy atom. The van der Waals surface area contributed by atoms with Gasteiger partial charge >= 0.3 is 37.1 Å². The lowest BCUT2D eigenvalue weighted by molar-refractivity contribution is -0.139. The molecule has 1 rings (SSSR count). The predicted octanol–water partition coefficient (Wildman–Crippen LogP) is 1.35. The first kappa shape index (κ1) is 23.0. The minimum Gasteiger partial charge on any atom is -0.480 e. The molecule has 0 aromatic heterocycles. The van der Waals surface area contributed by atoms with Crippen LogP contribution in [-0.2, 0) is 31.4 Å². The highest BCUT2D eigenvalue weighted by molar-refractivity contribution is 7.90. The molecule has 0 radical (unpaired) electrons. The molecule has 0 aliphatic rings. The summed E-state index contributed by atoms with van der Waals surface area (Å²) in [5.41, 5.74) is -11.6. The van der Waals surface area contributed by atoms with Gasteiger partial charge in [0.1, 0.15) is 11.8 Å². The number of aliphatic carboxylic acids is 1. The van der Waals surface area contributed by atoms with Gasteiger partial charge in [0.2, 0.25) is 0 Å². The lowest BCUT2D eigenvalue weighted by atomic mass is 10.1. The summed E-state index contributed by atoms with van der Waals surface area (Å²) in [6.45, 7) is 0. The second-order valence-electron chi connectivity index (χ2n) is 4.79. The predicted molar refractivity (Wildman–Crippen MR) is 75.3 cm³/mol. The molecule has 27 heavy (non-hydrogen) atoms. The summed E-state index contributed by atoms with van der Waals surface area (Å²) in [4.78, 5) is 11.0. The molecule has 16 heteroatoms. The van der Waals surface area contributed by atoms with E-state index in [0.29, 0.717) is 12.1 Å². The van der Waals surface area contributed by atoms with Crippen LogP contribution in [0.4, 0.5) is 26.3 Å². The minimum absolute atomic E-state index is 0.135. The Bertz CT molecular complexity index is 891. The van der Waals surface area contributed by atoms with Gasteiger partial charge in [0, 0.05) is 0 Å². The molecule has 1 aromatic rings. The molecule has 1 unspecified atom stereocenters. The van der Waals surface area contributed by atoms with Crippen molar-refractivity contribution in [2.24, 2.45) is 0 Å². The number of nitrogens with one attached hydrogen (secondary N) is 1. The van der Waals surface area contributed by atoms with E-state index in [1.54, 1.807) is 0 Å². The molecule has 1 aromatic carbocycles. The van der Waals surface area contributed by atoms with Crippen molar-refractivity contribution in [3.05, 3.63) is 29.8 Å². The number of hydrogen-bond acceptors (Lipinski definition) is 6. The fourth-order valence-corrected chi connectivity index (χ4v) is 2.68. The maximum Gasteiger partial charge on any atom is 0.534 e. The van der Waals surface area contributed by atoms with Gasteiger partial charge in [0.05, 0.1) is 0 Å². The van der Waals surface area contributed by atoms with Gasteiger partial charge in [-0.1, -0.05) is 12.1 Å². The number of carboxylic acids is 1. The van der Waals surface area contributed by atoms with Crippen molar-refractivity contribution in [2.75, 3.05) is 0 Å². The zero-order valence-corrected chi connectivity index (χ0v) is 14.2. The Morgan fingerprint density at radius 3 is 1.85 bits per heavy atom. The van der Waals surface area contributed by atoms with Crippen molar-refractivity contribution in [1.29, 1.82) is 0 Å². The first-order chi connectivity index (χ1) is 12.0. The van der Waals surface area contributed by atoms with Crippen LogP contribution in [0.15, 0.2) is 24.3 Å². The van der Waals surface area contributed by atoms with Crippen molar-refractivity contribution < 1.29 is 57.3 Å². The van der Waals surface area contributed by atoms with Crippen LogP contribution in [0.5, 0.6) is 5.75 Å². The molecule has 154 valence electrons. The third-order valence-corrected chi connectivity index (χ3v) is 4.94. The third-order valence-electron chi connectivity index (χ3n) is 2.75. The van der Waals surface area contributed by atoms with Crippen LogP contribution in [-0.4, -0.2) is 45.0 Å². The maximum absolute atomic E-state index is 12.3. The summed E-state index contributed by atoms with van der Waals surface area (Å²) in [7, 11) is -11.9. The van der Waals surface area contributed by atoms with E-state index in [-0.39, 0.29) is 5.56 Å². The van der Waals surface area contributed by atoms with Gasteiger partial charge in [-0.25, -0.2) is 8.42 Å². The first-order valence-electron chi connectivity index (χ1n) is 6.37. The highest BCUT2D eigenvalue weighted by Crippen LogP contribution is 2.27. The number of carbonyl (C=O) groups is 1. The van der Waals surface area contributed by atoms with Crippen molar-refractivity contribution in [3.8, 4) is 5.75 Å². The van der Waals surface area contributed by atoms with E-state index >= 15 is 0 Å². The van der Waals surface area contributed by atoms with Crippen LogP contribution in [0.1, 0.15) is 5.56 Å². The van der Waals surface area contributed by atoms with Crippen molar-refractivity contribution >= 4 is 26.1 Å². The highest BCUT2D eigenvalue weighted by Gasteiger charge is 2.49. The fraction of sp³-hybridized carbons (Fsp3) is 0.364. The molecule has 0 fully saturated rings. The molecule has 0 aliphatic carbocycles. The number of sulfonamides is 1. The van der Waals surface area contributed by atoms with E-state index < -0.39 is 55.3 Å². The minimum atomic E-state index is -5.97. The Hall–Kier alpha value is -2.07. The molecule has 0 heterocycles. The van der Waals surface area contributed by atoms with Gasteiger partial charge in [-0.05, 0) is 24.1 Å². The summed E-state index contributed by atoms with van der Waals surface area (Å²) < 4.78 is 122. The van der Waals surface area contributed by atoms with Gasteiger partial charge in [-0.2, -0.15) is 39.5 Å². The average Bonchev–Trinajstić information content (AvgIpc) is 2.45. The maximum atomic E-state index is 12.3. The quantitative estimate of drug-likeness (QED) is 0.369. The third kappa shape index (κ3) is 5.96. The lowest BCUT2D eigenvalue weighted by Crippen LogP contribution is -2.47. The average molecular weight is 445 g/mol. The van der Waals surface area contributed by atoms with Crippen LogP contribution in [0.2, 0.25) is 0 Å². The lowest BCUT2D eigenvalue weighted by Gasteiger charge is -2.16. The van der Waals surface area contributed by atoms with Crippen LogP contribution >= 0.6 is 0 Å². The van der Waals surface area contributed by atoms with Crippen LogP contribution in [0.3, 0.4) is 0 Å². The topological polar surface area (TPSA) is 127 Å². The highest BCUT2D eigenvalue weighted by atomic mass is 32.2. The second-order valence-corrected chi connectivity index (χ2v) is 8.03. The largest absolute Gasteiger partial charge is 0.534 e. The fourth-order valence-electron chi connectivity index (χ4n) is 1.52. The molecule has 0 amide bonds. The van der Waals surface area contributed by atoms with Gasteiger partial charge in [-0.15, -0.1) is 0 Å². The standard InChI is InChI=1S/C11H9F6NO7S2/c12-10(13,14)26(21,22)18-8(9(19)20)5-6-1-3-7(4-2-6)25-27(23,24)11(15,16)17/h1-4,8,18H,5H2,(H,19,20). The Kier molecular flexibility index (Phi) is 6.39. The molecule has 0 bridgehead atoms. The number of hydrogen-bond donors (Lipinski definition) is 2. The Labute approximate surface area is 147 Å². The van der Waals surface area contributed by atoms with Crippen LogP contribution in [0.25, 0.3) is 0 Å². The van der Waals surface area contributed by atoms with Gasteiger partial charge in [-0.3, -0.25) is 4.79 Å². The number of halogens is 6. The van der Waals surface area contributed by atoms with E-state index in [4.69, 9.17) is 5.11 Å². The van der Waals surface area contributed by atoms with Crippen molar-refractivity contribution in [2.45, 2.75) is 23.5 Å². The van der Waals surface area contributed by atoms with E-state index in [2.05, 4.69) is 4.18 Å². The van der Waals surface area contributed by atoms with Crippen LogP contribution in [0, 0.1) is 0 Å². The molecular formula is C11H9F6NO7S2. The summed E-state index contributed by atoms with van der Waals surface area (Å²) >= 11 is 0. The summed E-state index contributed by atoms with van der Waals surface area (Å²) in [6, 6.07) is 0.797. The first-order valence-corrected chi connectivity index (χ1v) is 9.26. The Balaban J connectivity index is 2.96. The second kappa shape index (κ2) is 7.51. The molecule has 8 nitrogen and oxygen atoms in total.